The second kappa shape index (κ2) is 18.1. The van der Waals surface area contributed by atoms with Crippen molar-refractivity contribution >= 4 is 17.5 Å². The van der Waals surface area contributed by atoms with Crippen molar-refractivity contribution in [3.8, 4) is 16.9 Å². The van der Waals surface area contributed by atoms with E-state index in [2.05, 4.69) is 80.0 Å². The number of phenols is 1. The van der Waals surface area contributed by atoms with E-state index < -0.39 is 5.41 Å². The zero-order valence-corrected chi connectivity index (χ0v) is 36.7. The highest BCUT2D eigenvalue weighted by atomic mass is 16.5. The van der Waals surface area contributed by atoms with Gasteiger partial charge in [-0.05, 0) is 171 Å². The van der Waals surface area contributed by atoms with Gasteiger partial charge in [0.15, 0.2) is 0 Å². The van der Waals surface area contributed by atoms with Crippen LogP contribution in [-0.4, -0.2) is 48.0 Å². The molecule has 3 aromatic carbocycles. The number of esters is 2. The number of hydrogen-bond donors (Lipinski definition) is 4. The third kappa shape index (κ3) is 7.92. The largest absolute Gasteiger partial charge is 0.508 e. The summed E-state index contributed by atoms with van der Waals surface area (Å²) in [5.74, 6) is 1.77. The van der Waals surface area contributed by atoms with Crippen molar-refractivity contribution in [2.75, 3.05) is 19.7 Å². The number of aliphatic hydroxyl groups excluding tert-OH is 1. The zero-order valence-electron chi connectivity index (χ0n) is 36.7. The Morgan fingerprint density at radius 2 is 1.73 bits per heavy atom. The van der Waals surface area contributed by atoms with Gasteiger partial charge < -0.3 is 30.3 Å². The molecule has 7 aliphatic rings. The van der Waals surface area contributed by atoms with Crippen molar-refractivity contribution in [1.82, 2.24) is 10.6 Å². The van der Waals surface area contributed by atoms with Crippen LogP contribution in [0.3, 0.4) is 0 Å². The van der Waals surface area contributed by atoms with Gasteiger partial charge in [-0.1, -0.05) is 87.5 Å². The molecule has 3 heterocycles. The highest BCUT2D eigenvalue weighted by Gasteiger charge is 2.68. The first-order chi connectivity index (χ1) is 30.2. The maximum absolute atomic E-state index is 14.8. The Morgan fingerprint density at radius 3 is 2.48 bits per heavy atom. The first-order valence-corrected chi connectivity index (χ1v) is 23.5. The molecule has 1 spiro atoms. The van der Waals surface area contributed by atoms with E-state index in [1.165, 1.54) is 12.0 Å². The lowest BCUT2D eigenvalue weighted by Crippen LogP contribution is -2.52. The van der Waals surface area contributed by atoms with Gasteiger partial charge in [-0.2, -0.15) is 0 Å². The number of cyclic esters (lactones) is 2. The number of fused-ring (bicyclic) bond motifs is 1. The van der Waals surface area contributed by atoms with Crippen molar-refractivity contribution < 1.29 is 29.3 Å². The monoisotopic (exact) mass is 836 g/mol. The van der Waals surface area contributed by atoms with E-state index in [0.717, 1.165) is 85.9 Å². The lowest BCUT2D eigenvalue weighted by Gasteiger charge is -2.56. The molecule has 0 radical (unpaired) electrons. The van der Waals surface area contributed by atoms with Crippen LogP contribution < -0.4 is 10.6 Å². The molecular weight excluding hydrogens is 773 g/mol. The fourth-order valence-corrected chi connectivity index (χ4v) is 12.3. The molecule has 0 aromatic heterocycles. The maximum Gasteiger partial charge on any atom is 0.340 e. The van der Waals surface area contributed by atoms with Crippen LogP contribution in [0.4, 0.5) is 0 Å². The van der Waals surface area contributed by atoms with E-state index in [1.807, 2.05) is 36.4 Å². The second-order valence-corrected chi connectivity index (χ2v) is 19.3. The number of hydrogen-bond acceptors (Lipinski definition) is 8. The molecule has 3 aliphatic heterocycles. The molecule has 4 aliphatic carbocycles. The van der Waals surface area contributed by atoms with Gasteiger partial charge in [0.25, 0.3) is 0 Å². The number of carbonyl (C=O) groups is 2. The van der Waals surface area contributed by atoms with Crippen molar-refractivity contribution in [1.29, 1.82) is 0 Å². The first-order valence-electron chi connectivity index (χ1n) is 23.5. The van der Waals surface area contributed by atoms with Gasteiger partial charge >= 0.3 is 11.9 Å². The summed E-state index contributed by atoms with van der Waals surface area (Å²) in [5.41, 5.74) is 6.49. The van der Waals surface area contributed by atoms with Crippen LogP contribution in [0.1, 0.15) is 96.1 Å². The molecular formula is C54H64N2O6. The Hall–Kier alpha value is -4.76. The molecule has 8 heteroatoms. The van der Waals surface area contributed by atoms with Crippen molar-refractivity contribution in [3.05, 3.63) is 130 Å². The second-order valence-electron chi connectivity index (χ2n) is 19.3. The number of carbonyl (C=O) groups excluding carboxylic acids is 2. The predicted octanol–water partition coefficient (Wildman–Crippen LogP) is 10.0. The summed E-state index contributed by atoms with van der Waals surface area (Å²) in [6.45, 7) is 8.67. The van der Waals surface area contributed by atoms with E-state index in [0.29, 0.717) is 53.8 Å². The van der Waals surface area contributed by atoms with Gasteiger partial charge in [-0.15, -0.1) is 0 Å². The number of phenolic OH excluding ortho intramolecular Hbond substituents is 1. The van der Waals surface area contributed by atoms with Crippen molar-refractivity contribution in [2.24, 2.45) is 46.8 Å². The molecule has 62 heavy (non-hydrogen) atoms. The zero-order chi connectivity index (χ0) is 43.0. The number of ether oxygens (including phenoxy) is 2. The minimum Gasteiger partial charge on any atom is -0.508 e. The number of rotatable bonds is 15. The highest BCUT2D eigenvalue weighted by molar-refractivity contribution is 6.07. The molecule has 2 bridgehead atoms. The lowest BCUT2D eigenvalue weighted by atomic mass is 9.44. The average Bonchev–Trinajstić information content (AvgIpc) is 3.77. The lowest BCUT2D eigenvalue weighted by molar-refractivity contribution is -0.135. The molecule has 1 saturated carbocycles. The van der Waals surface area contributed by atoms with E-state index in [-0.39, 0.29) is 60.1 Å². The predicted molar refractivity (Wildman–Crippen MR) is 243 cm³/mol. The topological polar surface area (TPSA) is 117 Å². The van der Waals surface area contributed by atoms with Gasteiger partial charge in [0.1, 0.15) is 17.3 Å². The Balaban J connectivity index is 1.10. The Morgan fingerprint density at radius 1 is 0.935 bits per heavy atom. The molecule has 2 saturated heterocycles. The molecule has 8 atom stereocenters. The van der Waals surface area contributed by atoms with Gasteiger partial charge in [0, 0.05) is 23.7 Å². The Bertz CT molecular complexity index is 2280. The third-order valence-corrected chi connectivity index (χ3v) is 15.3. The van der Waals surface area contributed by atoms with Crippen LogP contribution in [0.25, 0.3) is 16.7 Å². The molecule has 326 valence electrons. The summed E-state index contributed by atoms with van der Waals surface area (Å²) < 4.78 is 12.9. The van der Waals surface area contributed by atoms with Crippen molar-refractivity contribution in [2.45, 2.75) is 97.6 Å². The van der Waals surface area contributed by atoms with E-state index in [4.69, 9.17) is 9.47 Å². The summed E-state index contributed by atoms with van der Waals surface area (Å²) in [6.07, 6.45) is 14.2. The standard InChI is InChI=1S/C54H64N2O6/c1-4-34(28-35-13-7-5-8-14-35)29-46-54-25-23-41(48(51(54)53(60)62-46)44-31-39(58)18-19-40(44)36-15-9-6-10-16-36)42-20-21-43-45(61-52(59)49(43)50(42)54)22-17-38(32-57)37-24-27-56-47(30-37)55-26-11-12-33(2)3/h5-10,13-16,18-19,22,29,31,33-34,37-38,41-42,47,50,55-58H,4,11-12,17,20-21,23-28,30,32H2,1-3H3/t34-,37-,38+,41+,42+,47-,50+,54+/m0/s1. The molecule has 3 fully saturated rings. The van der Waals surface area contributed by atoms with E-state index in [1.54, 1.807) is 6.07 Å². The van der Waals surface area contributed by atoms with Crippen LogP contribution in [0.15, 0.2) is 119 Å². The van der Waals surface area contributed by atoms with E-state index in [9.17, 15) is 19.8 Å². The number of nitrogens with one attached hydrogen (secondary N) is 2. The van der Waals surface area contributed by atoms with Gasteiger partial charge in [-0.25, -0.2) is 9.59 Å². The number of piperidine rings is 1. The summed E-state index contributed by atoms with van der Waals surface area (Å²) >= 11 is 0. The van der Waals surface area contributed by atoms with Crippen LogP contribution >= 0.6 is 0 Å². The fraction of sp³-hybridized carbons (Fsp3) is 0.481. The number of benzene rings is 3. The molecule has 0 amide bonds. The Kier molecular flexibility index (Phi) is 12.5. The number of aromatic hydroxyl groups is 1. The van der Waals surface area contributed by atoms with Crippen LogP contribution in [-0.2, 0) is 25.5 Å². The quantitative estimate of drug-likeness (QED) is 0.0884. The summed E-state index contributed by atoms with van der Waals surface area (Å²) in [5, 5.41) is 29.1. The van der Waals surface area contributed by atoms with Gasteiger partial charge in [-0.3, -0.25) is 0 Å². The number of aliphatic hydroxyl groups is 1. The van der Waals surface area contributed by atoms with Crippen LogP contribution in [0, 0.1) is 46.8 Å². The average molecular weight is 837 g/mol. The van der Waals surface area contributed by atoms with Crippen molar-refractivity contribution in [3.63, 3.8) is 0 Å². The van der Waals surface area contributed by atoms with E-state index >= 15 is 0 Å². The van der Waals surface area contributed by atoms with Crippen LogP contribution in [0.2, 0.25) is 0 Å². The molecule has 8 nitrogen and oxygen atoms in total. The smallest absolute Gasteiger partial charge is 0.340 e. The minimum absolute atomic E-state index is 0.0141. The summed E-state index contributed by atoms with van der Waals surface area (Å²) in [4.78, 5) is 29.3. The molecule has 0 unspecified atom stereocenters. The molecule has 4 N–H and O–H groups in total. The minimum atomic E-state index is -0.856. The maximum atomic E-state index is 14.8. The molecule has 10 rings (SSSR count). The normalized spacial score (nSPS) is 28.9. The summed E-state index contributed by atoms with van der Waals surface area (Å²) in [6, 6.07) is 26.2. The third-order valence-electron chi connectivity index (χ3n) is 15.3. The molecule has 3 aromatic rings. The number of allylic oxidation sites excluding steroid dienone is 5. The highest BCUT2D eigenvalue weighted by Crippen LogP contribution is 2.72. The van der Waals surface area contributed by atoms with Gasteiger partial charge in [0.05, 0.1) is 17.2 Å². The van der Waals surface area contributed by atoms with Gasteiger partial charge in [0.2, 0.25) is 0 Å². The SMILES string of the molecule is CC[C@H](C=C1OC(=O)C2=C(c3cc(O)ccc3-c3ccccc3)[C@@H]3CC[C@]12[C@H]1C2=C(CC[C@H]31)C(=CC[C@H](CO)[C@H]1CCN[C@H](NCCCC(C)C)C1)OC2=O)Cc1ccccc1. The first kappa shape index (κ1) is 42.5. The fourth-order valence-electron chi connectivity index (χ4n) is 12.3. The summed E-state index contributed by atoms with van der Waals surface area (Å²) in [7, 11) is 0. The van der Waals surface area contributed by atoms with Crippen LogP contribution in [0.5, 0.6) is 5.75 Å². The Labute approximate surface area is 367 Å².